The van der Waals surface area contributed by atoms with Crippen LogP contribution in [0.5, 0.6) is 0 Å². The van der Waals surface area contributed by atoms with Crippen LogP contribution in [0.3, 0.4) is 0 Å². The minimum absolute atomic E-state index is 0.452. The van der Waals surface area contributed by atoms with Crippen molar-refractivity contribution in [2.45, 2.75) is 13.1 Å². The van der Waals surface area contributed by atoms with Crippen molar-refractivity contribution in [2.75, 3.05) is 0 Å². The van der Waals surface area contributed by atoms with Crippen molar-refractivity contribution in [2.24, 2.45) is 0 Å². The number of hydrogen-bond acceptors (Lipinski definition) is 1. The molecular formula is C69H42F3N5. The van der Waals surface area contributed by atoms with Crippen LogP contribution in [-0.2, 0) is 6.18 Å². The number of hydrogen-bond donors (Lipinski definition) is 0. The van der Waals surface area contributed by atoms with E-state index in [0.29, 0.717) is 16.7 Å². The van der Waals surface area contributed by atoms with Crippen LogP contribution in [0, 0.1) is 18.3 Å². The van der Waals surface area contributed by atoms with Gasteiger partial charge in [0.1, 0.15) is 0 Å². The molecule has 0 bridgehead atoms. The zero-order valence-electron chi connectivity index (χ0n) is 41.4. The van der Waals surface area contributed by atoms with Crippen molar-refractivity contribution in [3.05, 3.63) is 253 Å². The second-order valence-corrected chi connectivity index (χ2v) is 19.9. The highest BCUT2D eigenvalue weighted by atomic mass is 19.4. The molecule has 0 saturated carbocycles. The topological polar surface area (TPSA) is 43.5 Å². The molecule has 0 amide bonds. The van der Waals surface area contributed by atoms with E-state index in [1.165, 1.54) is 27.6 Å². The highest BCUT2D eigenvalue weighted by Gasteiger charge is 2.31. The molecule has 8 heteroatoms. The van der Waals surface area contributed by atoms with E-state index in [0.717, 1.165) is 111 Å². The fourth-order valence-electron chi connectivity index (χ4n) is 12.4. The number of aryl methyl sites for hydroxylation is 1. The van der Waals surface area contributed by atoms with Crippen LogP contribution in [0.25, 0.3) is 132 Å². The summed E-state index contributed by atoms with van der Waals surface area (Å²) in [6.07, 6.45) is -4.51. The predicted molar refractivity (Wildman–Crippen MR) is 309 cm³/mol. The second-order valence-electron chi connectivity index (χ2n) is 19.9. The number of para-hydroxylation sites is 6. The minimum Gasteiger partial charge on any atom is -0.309 e. The van der Waals surface area contributed by atoms with Crippen molar-refractivity contribution >= 4 is 87.2 Å². The minimum atomic E-state index is -4.51. The summed E-state index contributed by atoms with van der Waals surface area (Å²) in [6.45, 7) is 1.73. The van der Waals surface area contributed by atoms with E-state index < -0.39 is 11.7 Å². The van der Waals surface area contributed by atoms with Gasteiger partial charge >= 0.3 is 6.18 Å². The Morgan fingerprint density at radius 3 is 1.14 bits per heavy atom. The Hall–Kier alpha value is -10.1. The lowest BCUT2D eigenvalue weighted by Gasteiger charge is -2.20. The first-order chi connectivity index (χ1) is 37.7. The Kier molecular flexibility index (Phi) is 9.63. The van der Waals surface area contributed by atoms with Gasteiger partial charge in [0, 0.05) is 65.7 Å². The lowest BCUT2D eigenvalue weighted by atomic mass is 9.89. The Balaban J connectivity index is 0.980. The zero-order valence-corrected chi connectivity index (χ0v) is 41.4. The molecule has 0 atom stereocenters. The van der Waals surface area contributed by atoms with Crippen LogP contribution >= 0.6 is 0 Å². The molecular weight excluding hydrogens is 956 g/mol. The number of nitriles is 1. The smallest absolute Gasteiger partial charge is 0.309 e. The second kappa shape index (κ2) is 16.7. The van der Waals surface area contributed by atoms with Gasteiger partial charge in [-0.05, 0) is 144 Å². The van der Waals surface area contributed by atoms with Crippen molar-refractivity contribution in [3.63, 3.8) is 0 Å². The molecule has 0 fully saturated rings. The van der Waals surface area contributed by atoms with Crippen molar-refractivity contribution < 1.29 is 13.2 Å². The van der Waals surface area contributed by atoms with Gasteiger partial charge in [0.05, 0.1) is 67.0 Å². The molecule has 0 N–H and O–H groups in total. The molecule has 0 unspecified atom stereocenters. The van der Waals surface area contributed by atoms with E-state index in [1.807, 2.05) is 30.3 Å². The van der Waals surface area contributed by atoms with Gasteiger partial charge in [0.25, 0.3) is 0 Å². The third kappa shape index (κ3) is 6.67. The van der Waals surface area contributed by atoms with Crippen LogP contribution in [0.4, 0.5) is 13.2 Å². The number of fused-ring (bicyclic) bond motifs is 12. The van der Waals surface area contributed by atoms with Gasteiger partial charge in [-0.2, -0.15) is 18.4 Å². The Morgan fingerprint density at radius 1 is 0.325 bits per heavy atom. The summed E-state index contributed by atoms with van der Waals surface area (Å²) in [7, 11) is 0. The molecule has 0 aliphatic carbocycles. The van der Waals surface area contributed by atoms with Crippen LogP contribution in [0.15, 0.2) is 237 Å². The fraction of sp³-hybridized carbons (Fsp3) is 0.0290. The highest BCUT2D eigenvalue weighted by molar-refractivity contribution is 6.14. The first-order valence-corrected chi connectivity index (χ1v) is 25.6. The van der Waals surface area contributed by atoms with Crippen molar-refractivity contribution in [1.82, 2.24) is 18.3 Å². The monoisotopic (exact) mass is 997 g/mol. The molecule has 0 spiro atoms. The molecule has 15 rings (SSSR count). The molecule has 0 radical (unpaired) electrons. The van der Waals surface area contributed by atoms with Crippen LogP contribution in [-0.4, -0.2) is 18.3 Å². The summed E-state index contributed by atoms with van der Waals surface area (Å²) < 4.78 is 52.1. The molecule has 0 aliphatic heterocycles. The number of aromatic nitrogens is 4. The normalized spacial score (nSPS) is 12.1. The summed E-state index contributed by atoms with van der Waals surface area (Å²) in [5.74, 6) is 0. The number of halogens is 3. The summed E-state index contributed by atoms with van der Waals surface area (Å²) in [5, 5.41) is 19.6. The zero-order chi connectivity index (χ0) is 51.7. The van der Waals surface area contributed by atoms with Gasteiger partial charge in [-0.3, -0.25) is 0 Å². The predicted octanol–water partition coefficient (Wildman–Crippen LogP) is 18.6. The largest absolute Gasteiger partial charge is 0.416 e. The molecule has 0 aliphatic rings. The van der Waals surface area contributed by atoms with Gasteiger partial charge in [0.15, 0.2) is 0 Å². The summed E-state index contributed by atoms with van der Waals surface area (Å²) in [6, 6.07) is 82.5. The Bertz CT molecular complexity index is 4910. The third-order valence-electron chi connectivity index (χ3n) is 15.8. The molecule has 4 aromatic heterocycles. The van der Waals surface area contributed by atoms with E-state index in [1.54, 1.807) is 13.0 Å². The molecule has 15 aromatic rings. The van der Waals surface area contributed by atoms with Crippen molar-refractivity contribution in [1.29, 1.82) is 5.26 Å². The molecule has 11 aromatic carbocycles. The maximum absolute atomic E-state index is 14.3. The number of benzene rings is 11. The number of rotatable bonds is 6. The lowest BCUT2D eigenvalue weighted by Crippen LogP contribution is -2.05. The fourth-order valence-corrected chi connectivity index (χ4v) is 12.4. The SMILES string of the molecule is Cc1cc(C(F)(F)F)ccc1-c1ccc(-n2c3ccccc3c3cc(-n4c5ccccc5c5ccccc54)ccc32)cc1-c1cc(C#N)ccc1-n1c2ccccc2c2cc(-n3c4ccccc4c4ccccc43)ccc21. The summed E-state index contributed by atoms with van der Waals surface area (Å²) in [5.41, 5.74) is 15.3. The van der Waals surface area contributed by atoms with Gasteiger partial charge in [-0.1, -0.05) is 121 Å². The number of alkyl halides is 3. The van der Waals surface area contributed by atoms with Crippen LogP contribution in [0.2, 0.25) is 0 Å². The first kappa shape index (κ1) is 44.4. The standard InChI is InChI=1S/C69H42F3N5/c1-42-36-44(69(70,71)72)27-31-48(42)49-32-28-45(76-64-24-12-6-18-54(64)58-39-46(29-34-66(58)76)74-60-20-8-2-14-50(60)51-15-3-9-21-61(51)74)38-56(49)57-37-43(41-73)26-33-67(57)77-65-25-13-7-19-55(65)59-40-47(30-35-68(59)77)75-62-22-10-4-16-52(62)53-17-5-11-23-63(53)75/h2-40H,1H3. The summed E-state index contributed by atoms with van der Waals surface area (Å²) in [4.78, 5) is 0. The van der Waals surface area contributed by atoms with E-state index in [9.17, 15) is 18.4 Å². The average Bonchev–Trinajstić information content (AvgIpc) is 4.24. The van der Waals surface area contributed by atoms with Gasteiger partial charge in [0.2, 0.25) is 0 Å². The van der Waals surface area contributed by atoms with Crippen LogP contribution in [0.1, 0.15) is 16.7 Å². The maximum atomic E-state index is 14.3. The quantitative estimate of drug-likeness (QED) is 0.164. The van der Waals surface area contributed by atoms with E-state index >= 15 is 0 Å². The Labute approximate surface area is 439 Å². The summed E-state index contributed by atoms with van der Waals surface area (Å²) >= 11 is 0. The maximum Gasteiger partial charge on any atom is 0.416 e. The molecule has 4 heterocycles. The molecule has 77 heavy (non-hydrogen) atoms. The first-order valence-electron chi connectivity index (χ1n) is 25.6. The molecule has 5 nitrogen and oxygen atoms in total. The van der Waals surface area contributed by atoms with Crippen LogP contribution < -0.4 is 0 Å². The van der Waals surface area contributed by atoms with Gasteiger partial charge in [-0.25, -0.2) is 0 Å². The van der Waals surface area contributed by atoms with Crippen molar-refractivity contribution in [3.8, 4) is 51.1 Å². The van der Waals surface area contributed by atoms with E-state index in [-0.39, 0.29) is 0 Å². The number of nitrogens with zero attached hydrogens (tertiary/aromatic N) is 5. The molecule has 364 valence electrons. The molecule has 0 saturated heterocycles. The van der Waals surface area contributed by atoms with Gasteiger partial charge < -0.3 is 18.3 Å². The lowest BCUT2D eigenvalue weighted by molar-refractivity contribution is -0.137. The third-order valence-corrected chi connectivity index (χ3v) is 15.8. The van der Waals surface area contributed by atoms with E-state index in [2.05, 4.69) is 212 Å². The van der Waals surface area contributed by atoms with E-state index in [4.69, 9.17) is 0 Å². The Morgan fingerprint density at radius 2 is 0.701 bits per heavy atom. The average molecular weight is 998 g/mol. The van der Waals surface area contributed by atoms with Gasteiger partial charge in [-0.15, -0.1) is 0 Å². The highest BCUT2D eigenvalue weighted by Crippen LogP contribution is 2.45.